The number of H-pyrrole nitrogens is 1. The maximum Gasteiger partial charge on any atom is 0.305 e. The van der Waals surface area contributed by atoms with Gasteiger partial charge in [0, 0.05) is 12.1 Å². The minimum atomic E-state index is -0.733. The lowest BCUT2D eigenvalue weighted by atomic mass is 9.90. The molecular weight excluding hydrogens is 360 g/mol. The standard InChI is InChI=1S/C21H24N2O3S/c24-17-8-7-16(20-19(17)23-21(26)27-20)18(25)12-22-10-9-13-5-6-14-3-1-2-4-15(14)11-13/h5-8,11,18,22,24-25H,1-4,9-10,12H2,(H,23,26). The number of phenols is 1. The van der Waals surface area contributed by atoms with E-state index in [-0.39, 0.29) is 10.6 Å². The molecule has 1 heterocycles. The number of aromatic hydroxyl groups is 1. The van der Waals surface area contributed by atoms with Gasteiger partial charge in [0.25, 0.3) is 0 Å². The molecule has 0 radical (unpaired) electrons. The average molecular weight is 385 g/mol. The van der Waals surface area contributed by atoms with Crippen LogP contribution in [0, 0.1) is 0 Å². The number of aliphatic hydroxyl groups excluding tert-OH is 1. The molecule has 27 heavy (non-hydrogen) atoms. The molecule has 4 N–H and O–H groups in total. The van der Waals surface area contributed by atoms with Crippen LogP contribution in [0.1, 0.15) is 41.2 Å². The third-order valence-corrected chi connectivity index (χ3v) is 6.22. The molecule has 1 atom stereocenters. The van der Waals surface area contributed by atoms with Crippen molar-refractivity contribution in [3.63, 3.8) is 0 Å². The Hall–Kier alpha value is -2.15. The van der Waals surface area contributed by atoms with Crippen molar-refractivity contribution in [2.45, 2.75) is 38.2 Å². The Labute approximate surface area is 161 Å². The minimum absolute atomic E-state index is 0.0275. The quantitative estimate of drug-likeness (QED) is 0.492. The van der Waals surface area contributed by atoms with Gasteiger partial charge in [0.05, 0.1) is 10.8 Å². The second kappa shape index (κ2) is 7.84. The number of nitrogens with one attached hydrogen (secondary N) is 2. The van der Waals surface area contributed by atoms with Crippen molar-refractivity contribution < 1.29 is 10.2 Å². The summed E-state index contributed by atoms with van der Waals surface area (Å²) in [6.45, 7) is 1.18. The van der Waals surface area contributed by atoms with Gasteiger partial charge < -0.3 is 20.5 Å². The predicted octanol–water partition coefficient (Wildman–Crippen LogP) is 3.04. The van der Waals surface area contributed by atoms with Gasteiger partial charge in [-0.05, 0) is 61.4 Å². The van der Waals surface area contributed by atoms with Crippen molar-refractivity contribution in [1.82, 2.24) is 10.3 Å². The second-order valence-electron chi connectivity index (χ2n) is 7.17. The van der Waals surface area contributed by atoms with Crippen molar-refractivity contribution >= 4 is 21.6 Å². The molecule has 1 aliphatic carbocycles. The number of aryl methyl sites for hydroxylation is 2. The fourth-order valence-electron chi connectivity index (χ4n) is 3.83. The fraction of sp³-hybridized carbons (Fsp3) is 0.381. The molecule has 0 saturated carbocycles. The zero-order valence-electron chi connectivity index (χ0n) is 15.1. The number of rotatable bonds is 6. The molecule has 142 valence electrons. The van der Waals surface area contributed by atoms with E-state index in [2.05, 4.69) is 28.5 Å². The molecule has 0 fully saturated rings. The first kappa shape index (κ1) is 18.2. The fourth-order valence-corrected chi connectivity index (χ4v) is 4.74. The Balaban J connectivity index is 1.36. The van der Waals surface area contributed by atoms with Crippen molar-refractivity contribution in [2.24, 2.45) is 0 Å². The van der Waals surface area contributed by atoms with E-state index in [0.29, 0.717) is 22.3 Å². The summed E-state index contributed by atoms with van der Waals surface area (Å²) >= 11 is 1.01. The van der Waals surface area contributed by atoms with Crippen LogP contribution in [0.2, 0.25) is 0 Å². The maximum atomic E-state index is 11.6. The molecule has 5 nitrogen and oxygen atoms in total. The maximum absolute atomic E-state index is 11.6. The largest absolute Gasteiger partial charge is 0.506 e. The average Bonchev–Trinajstić information content (AvgIpc) is 3.07. The molecule has 0 aliphatic heterocycles. The van der Waals surface area contributed by atoms with Crippen LogP contribution >= 0.6 is 11.3 Å². The number of benzene rings is 2. The van der Waals surface area contributed by atoms with Crippen molar-refractivity contribution in [3.05, 3.63) is 62.3 Å². The van der Waals surface area contributed by atoms with E-state index in [1.165, 1.54) is 48.4 Å². The first-order chi connectivity index (χ1) is 13.1. The van der Waals surface area contributed by atoms with E-state index in [1.54, 1.807) is 6.07 Å². The topological polar surface area (TPSA) is 85.4 Å². The first-order valence-corrected chi connectivity index (χ1v) is 10.3. The monoisotopic (exact) mass is 384 g/mol. The van der Waals surface area contributed by atoms with E-state index in [1.807, 2.05) is 0 Å². The van der Waals surface area contributed by atoms with E-state index >= 15 is 0 Å². The van der Waals surface area contributed by atoms with Crippen LogP contribution in [0.3, 0.4) is 0 Å². The lowest BCUT2D eigenvalue weighted by Gasteiger charge is -2.17. The Morgan fingerprint density at radius 2 is 1.96 bits per heavy atom. The molecule has 0 spiro atoms. The highest BCUT2D eigenvalue weighted by Crippen LogP contribution is 2.31. The minimum Gasteiger partial charge on any atom is -0.506 e. The van der Waals surface area contributed by atoms with Crippen molar-refractivity contribution in [2.75, 3.05) is 13.1 Å². The molecule has 0 amide bonds. The van der Waals surface area contributed by atoms with E-state index in [9.17, 15) is 15.0 Å². The van der Waals surface area contributed by atoms with Crippen LogP contribution in [0.4, 0.5) is 0 Å². The Kier molecular flexibility index (Phi) is 5.29. The van der Waals surface area contributed by atoms with Crippen LogP contribution in [0.25, 0.3) is 10.2 Å². The van der Waals surface area contributed by atoms with Crippen LogP contribution < -0.4 is 10.2 Å². The molecule has 0 bridgehead atoms. The Morgan fingerprint density at radius 3 is 2.81 bits per heavy atom. The third-order valence-electron chi connectivity index (χ3n) is 5.29. The summed E-state index contributed by atoms with van der Waals surface area (Å²) < 4.78 is 0.615. The van der Waals surface area contributed by atoms with Gasteiger partial charge in [0.2, 0.25) is 0 Å². The highest BCUT2D eigenvalue weighted by molar-refractivity contribution is 7.16. The van der Waals surface area contributed by atoms with Crippen LogP contribution in [-0.2, 0) is 19.3 Å². The van der Waals surface area contributed by atoms with E-state index in [4.69, 9.17) is 0 Å². The van der Waals surface area contributed by atoms with Gasteiger partial charge in [-0.3, -0.25) is 4.79 Å². The number of phenolic OH excluding ortho intramolecular Hbond substituents is 1. The number of hydrogen-bond donors (Lipinski definition) is 4. The summed E-state index contributed by atoms with van der Waals surface area (Å²) in [5.74, 6) is 0.0275. The second-order valence-corrected chi connectivity index (χ2v) is 8.16. The Bertz CT molecular complexity index is 1010. The summed E-state index contributed by atoms with van der Waals surface area (Å²) in [7, 11) is 0. The molecule has 2 aromatic carbocycles. The van der Waals surface area contributed by atoms with Gasteiger partial charge >= 0.3 is 4.87 Å². The SMILES string of the molecule is O=c1[nH]c2c(O)ccc(C(O)CNCCc3ccc4c(c3)CCCC4)c2s1. The molecule has 3 aromatic rings. The molecular formula is C21H24N2O3S. The molecule has 1 unspecified atom stereocenters. The Morgan fingerprint density at radius 1 is 1.15 bits per heavy atom. The summed E-state index contributed by atoms with van der Waals surface area (Å²) in [5, 5.41) is 23.7. The number of hydrogen-bond acceptors (Lipinski definition) is 5. The van der Waals surface area contributed by atoms with Crippen LogP contribution in [0.15, 0.2) is 35.1 Å². The first-order valence-electron chi connectivity index (χ1n) is 9.46. The number of aromatic amines is 1. The molecule has 0 saturated heterocycles. The molecule has 1 aromatic heterocycles. The highest BCUT2D eigenvalue weighted by atomic mass is 32.1. The number of aromatic nitrogens is 1. The molecule has 4 rings (SSSR count). The zero-order valence-corrected chi connectivity index (χ0v) is 15.9. The third kappa shape index (κ3) is 3.93. The van der Waals surface area contributed by atoms with Gasteiger partial charge in [-0.15, -0.1) is 0 Å². The number of aliphatic hydroxyl groups is 1. The van der Waals surface area contributed by atoms with Gasteiger partial charge in [-0.2, -0.15) is 0 Å². The van der Waals surface area contributed by atoms with Gasteiger partial charge in [-0.1, -0.05) is 35.6 Å². The summed E-state index contributed by atoms with van der Waals surface area (Å²) in [5.41, 5.74) is 5.37. The zero-order chi connectivity index (χ0) is 18.8. The van der Waals surface area contributed by atoms with E-state index < -0.39 is 6.10 Å². The summed E-state index contributed by atoms with van der Waals surface area (Å²) in [6, 6.07) is 9.99. The lowest BCUT2D eigenvalue weighted by Crippen LogP contribution is -2.24. The van der Waals surface area contributed by atoms with Crippen LogP contribution in [0.5, 0.6) is 5.75 Å². The highest BCUT2D eigenvalue weighted by Gasteiger charge is 2.16. The molecule has 6 heteroatoms. The number of fused-ring (bicyclic) bond motifs is 2. The van der Waals surface area contributed by atoms with Crippen LogP contribution in [-0.4, -0.2) is 28.3 Å². The van der Waals surface area contributed by atoms with Crippen molar-refractivity contribution in [1.29, 1.82) is 0 Å². The van der Waals surface area contributed by atoms with Crippen molar-refractivity contribution in [3.8, 4) is 5.75 Å². The summed E-state index contributed by atoms with van der Waals surface area (Å²) in [6.07, 6.45) is 5.16. The lowest BCUT2D eigenvalue weighted by molar-refractivity contribution is 0.176. The smallest absolute Gasteiger partial charge is 0.305 e. The number of thiazole rings is 1. The molecule has 1 aliphatic rings. The van der Waals surface area contributed by atoms with Gasteiger partial charge in [0.1, 0.15) is 11.3 Å². The van der Waals surface area contributed by atoms with E-state index in [0.717, 1.165) is 24.3 Å². The normalized spacial score (nSPS) is 15.0. The van der Waals surface area contributed by atoms with Gasteiger partial charge in [0.15, 0.2) is 0 Å². The summed E-state index contributed by atoms with van der Waals surface area (Å²) in [4.78, 5) is 14.0. The van der Waals surface area contributed by atoms with Gasteiger partial charge in [-0.25, -0.2) is 0 Å². The predicted molar refractivity (Wildman–Crippen MR) is 109 cm³/mol.